The normalized spacial score (nSPS) is 21.1. The molecule has 60 valence electrons. The number of rotatable bonds is 0. The van der Waals surface area contributed by atoms with Gasteiger partial charge in [-0.1, -0.05) is 23.8 Å². The van der Waals surface area contributed by atoms with Crippen molar-refractivity contribution in [3.8, 4) is 0 Å². The maximum atomic E-state index is 11.1. The molecule has 0 aromatic heterocycles. The molecule has 0 fully saturated rings. The lowest BCUT2D eigenvalue weighted by atomic mass is 10.0. The second-order valence-corrected chi connectivity index (χ2v) is 2.84. The molecule has 0 spiro atoms. The fraction of sp³-hybridized carbons (Fsp3) is 0.125. The van der Waals surface area contributed by atoms with E-state index in [1.807, 2.05) is 6.08 Å². The molecule has 1 aliphatic carbocycles. The summed E-state index contributed by atoms with van der Waals surface area (Å²) in [6, 6.07) is 0. The van der Waals surface area contributed by atoms with Gasteiger partial charge in [0.1, 0.15) is 6.34 Å². The zero-order valence-electron chi connectivity index (χ0n) is 6.12. The first-order valence-electron chi connectivity index (χ1n) is 3.50. The summed E-state index contributed by atoms with van der Waals surface area (Å²) in [5.74, 6) is -0.258. The van der Waals surface area contributed by atoms with Gasteiger partial charge in [-0.2, -0.15) is 4.99 Å². The Balaban J connectivity index is 2.51. The van der Waals surface area contributed by atoms with Gasteiger partial charge in [-0.15, -0.1) is 0 Å². The van der Waals surface area contributed by atoms with Gasteiger partial charge in [0.25, 0.3) is 5.91 Å². The van der Waals surface area contributed by atoms with Gasteiger partial charge in [0.2, 0.25) is 0 Å². The predicted octanol–water partition coefficient (Wildman–Crippen LogP) is 1.45. The fourth-order valence-corrected chi connectivity index (χ4v) is 1.37. The number of fused-ring (bicyclic) bond motifs is 1. The van der Waals surface area contributed by atoms with Crippen molar-refractivity contribution < 1.29 is 4.79 Å². The Kier molecular flexibility index (Phi) is 1.66. The quantitative estimate of drug-likeness (QED) is 0.556. The van der Waals surface area contributed by atoms with Gasteiger partial charge in [0.05, 0.1) is 16.3 Å². The minimum absolute atomic E-state index is 0.258. The SMILES string of the molecule is O=C1N=CN=C2C(Cl)=CCC=C12. The molecule has 0 atom stereocenters. The summed E-state index contributed by atoms with van der Waals surface area (Å²) in [6.45, 7) is 0. The fourth-order valence-electron chi connectivity index (χ4n) is 1.13. The molecular weight excluding hydrogens is 176 g/mol. The molecule has 0 bridgehead atoms. The Bertz CT molecular complexity index is 363. The van der Waals surface area contributed by atoms with Crippen molar-refractivity contribution in [2.75, 3.05) is 0 Å². The highest BCUT2D eigenvalue weighted by molar-refractivity contribution is 6.51. The van der Waals surface area contributed by atoms with Crippen LogP contribution in [0.15, 0.2) is 32.7 Å². The molecule has 1 heterocycles. The van der Waals surface area contributed by atoms with Crippen LogP contribution in [0, 0.1) is 0 Å². The van der Waals surface area contributed by atoms with E-state index in [9.17, 15) is 4.79 Å². The van der Waals surface area contributed by atoms with E-state index in [-0.39, 0.29) is 5.91 Å². The first kappa shape index (κ1) is 7.43. The van der Waals surface area contributed by atoms with Crippen LogP contribution in [0.5, 0.6) is 0 Å². The molecule has 0 N–H and O–H groups in total. The van der Waals surface area contributed by atoms with E-state index < -0.39 is 0 Å². The average molecular weight is 181 g/mol. The summed E-state index contributed by atoms with van der Waals surface area (Å²) in [7, 11) is 0. The molecule has 1 aliphatic heterocycles. The van der Waals surface area contributed by atoms with Crippen molar-refractivity contribution in [3.05, 3.63) is 22.8 Å². The van der Waals surface area contributed by atoms with Crippen molar-refractivity contribution in [2.24, 2.45) is 9.98 Å². The third-order valence-electron chi connectivity index (χ3n) is 1.69. The van der Waals surface area contributed by atoms with E-state index in [0.29, 0.717) is 22.7 Å². The minimum Gasteiger partial charge on any atom is -0.267 e. The van der Waals surface area contributed by atoms with E-state index in [1.165, 1.54) is 6.34 Å². The topological polar surface area (TPSA) is 41.8 Å². The third-order valence-corrected chi connectivity index (χ3v) is 2.03. The van der Waals surface area contributed by atoms with Gasteiger partial charge < -0.3 is 0 Å². The van der Waals surface area contributed by atoms with Crippen LogP contribution in [0.2, 0.25) is 0 Å². The lowest BCUT2D eigenvalue weighted by Gasteiger charge is -2.12. The van der Waals surface area contributed by atoms with E-state index in [2.05, 4.69) is 9.98 Å². The highest BCUT2D eigenvalue weighted by atomic mass is 35.5. The van der Waals surface area contributed by atoms with E-state index >= 15 is 0 Å². The molecule has 0 saturated heterocycles. The summed E-state index contributed by atoms with van der Waals surface area (Å²) in [6.07, 6.45) is 5.50. The minimum atomic E-state index is -0.258. The molecule has 0 unspecified atom stereocenters. The Morgan fingerprint density at radius 2 is 2.25 bits per heavy atom. The molecule has 12 heavy (non-hydrogen) atoms. The van der Waals surface area contributed by atoms with Crippen molar-refractivity contribution in [1.29, 1.82) is 0 Å². The summed E-state index contributed by atoms with van der Waals surface area (Å²) in [4.78, 5) is 18.6. The van der Waals surface area contributed by atoms with Gasteiger partial charge in [0.15, 0.2) is 0 Å². The molecule has 0 aromatic carbocycles. The van der Waals surface area contributed by atoms with Crippen LogP contribution in [0.4, 0.5) is 0 Å². The van der Waals surface area contributed by atoms with Crippen LogP contribution < -0.4 is 0 Å². The summed E-state index contributed by atoms with van der Waals surface area (Å²) in [5, 5.41) is 0.534. The van der Waals surface area contributed by atoms with Gasteiger partial charge in [0, 0.05) is 0 Å². The van der Waals surface area contributed by atoms with Crippen LogP contribution in [0.3, 0.4) is 0 Å². The second-order valence-electron chi connectivity index (χ2n) is 2.43. The summed E-state index contributed by atoms with van der Waals surface area (Å²) in [5.41, 5.74) is 1.06. The highest BCUT2D eigenvalue weighted by Gasteiger charge is 2.22. The van der Waals surface area contributed by atoms with Crippen LogP contribution in [-0.4, -0.2) is 18.0 Å². The third kappa shape index (κ3) is 1.02. The monoisotopic (exact) mass is 180 g/mol. The number of halogens is 1. The molecule has 3 nitrogen and oxygen atoms in total. The summed E-state index contributed by atoms with van der Waals surface area (Å²) >= 11 is 5.83. The number of hydrogen-bond donors (Lipinski definition) is 0. The van der Waals surface area contributed by atoms with Gasteiger partial charge in [-0.05, 0) is 6.42 Å². The Hall–Kier alpha value is -1.22. The molecule has 2 aliphatic rings. The number of hydrogen-bond acceptors (Lipinski definition) is 2. The second kappa shape index (κ2) is 2.68. The van der Waals surface area contributed by atoms with E-state index in [4.69, 9.17) is 11.6 Å². The van der Waals surface area contributed by atoms with E-state index in [0.717, 1.165) is 0 Å². The van der Waals surface area contributed by atoms with Crippen LogP contribution in [-0.2, 0) is 4.79 Å². The number of amides is 1. The molecule has 0 saturated carbocycles. The molecule has 0 aromatic rings. The van der Waals surface area contributed by atoms with Crippen LogP contribution >= 0.6 is 11.6 Å². The van der Waals surface area contributed by atoms with Crippen molar-refractivity contribution in [3.63, 3.8) is 0 Å². The number of nitrogens with zero attached hydrogens (tertiary/aromatic N) is 2. The highest BCUT2D eigenvalue weighted by Crippen LogP contribution is 2.21. The maximum absolute atomic E-state index is 11.1. The molecule has 4 heteroatoms. The summed E-state index contributed by atoms with van der Waals surface area (Å²) < 4.78 is 0. The molecule has 2 rings (SSSR count). The van der Waals surface area contributed by atoms with E-state index in [1.54, 1.807) is 6.08 Å². The Labute approximate surface area is 74.2 Å². The van der Waals surface area contributed by atoms with Gasteiger partial charge >= 0.3 is 0 Å². The first-order chi connectivity index (χ1) is 5.79. The number of carbonyl (C=O) groups is 1. The largest absolute Gasteiger partial charge is 0.280 e. The van der Waals surface area contributed by atoms with Crippen molar-refractivity contribution in [2.45, 2.75) is 6.42 Å². The average Bonchev–Trinajstić information content (AvgIpc) is 2.07. The zero-order valence-corrected chi connectivity index (χ0v) is 6.88. The first-order valence-corrected chi connectivity index (χ1v) is 3.88. The number of aliphatic imine (C=N–C) groups is 2. The smallest absolute Gasteiger partial charge is 0.267 e. The van der Waals surface area contributed by atoms with Crippen molar-refractivity contribution in [1.82, 2.24) is 0 Å². The lowest BCUT2D eigenvalue weighted by Crippen LogP contribution is -2.17. The maximum Gasteiger partial charge on any atom is 0.280 e. The standard InChI is InChI=1S/C8H5ClN2O/c9-6-3-1-2-5-7(6)10-4-11-8(5)12/h2-4H,1H2. The van der Waals surface area contributed by atoms with Gasteiger partial charge in [-0.3, -0.25) is 4.79 Å². The van der Waals surface area contributed by atoms with Crippen LogP contribution in [0.25, 0.3) is 0 Å². The number of allylic oxidation sites excluding steroid dienone is 3. The molecule has 1 amide bonds. The van der Waals surface area contributed by atoms with Crippen molar-refractivity contribution >= 4 is 29.6 Å². The Morgan fingerprint density at radius 3 is 3.00 bits per heavy atom. The van der Waals surface area contributed by atoms with Gasteiger partial charge in [-0.25, -0.2) is 4.99 Å². The Morgan fingerprint density at radius 1 is 1.42 bits per heavy atom. The molecule has 0 radical (unpaired) electrons. The van der Waals surface area contributed by atoms with Crippen LogP contribution in [0.1, 0.15) is 6.42 Å². The lowest BCUT2D eigenvalue weighted by molar-refractivity contribution is -0.113. The zero-order chi connectivity index (χ0) is 8.55. The number of carbonyl (C=O) groups excluding carboxylic acids is 1. The predicted molar refractivity (Wildman–Crippen MR) is 47.6 cm³/mol. The molecular formula is C8H5ClN2O.